The maximum absolute atomic E-state index is 12.3. The van der Waals surface area contributed by atoms with Gasteiger partial charge in [0.2, 0.25) is 0 Å². The Balaban J connectivity index is 1.93. The van der Waals surface area contributed by atoms with Gasteiger partial charge in [0, 0.05) is 30.3 Å². The average molecular weight is 337 g/mol. The zero-order valence-electron chi connectivity index (χ0n) is 14.6. The molecule has 0 aliphatic heterocycles. The first kappa shape index (κ1) is 18.3. The van der Waals surface area contributed by atoms with E-state index in [4.69, 9.17) is 10.5 Å². The zero-order chi connectivity index (χ0) is 18.1. The van der Waals surface area contributed by atoms with E-state index in [1.54, 1.807) is 24.3 Å². The Hall–Kier alpha value is -3.00. The Bertz CT molecular complexity index is 791. The van der Waals surface area contributed by atoms with Gasteiger partial charge in [-0.1, -0.05) is 13.0 Å². The fourth-order valence-corrected chi connectivity index (χ4v) is 2.19. The minimum atomic E-state index is -0.294. The maximum atomic E-state index is 12.3. The molecule has 0 fully saturated rings. The van der Waals surface area contributed by atoms with E-state index in [1.165, 1.54) is 0 Å². The number of pyridine rings is 1. The van der Waals surface area contributed by atoms with E-state index in [9.17, 15) is 4.79 Å². The van der Waals surface area contributed by atoms with Crippen LogP contribution in [0.4, 0.5) is 11.5 Å². The van der Waals surface area contributed by atoms with Crippen molar-refractivity contribution in [1.29, 1.82) is 0 Å². The molecule has 0 atom stereocenters. The number of hydrogen-bond acceptors (Lipinski definition) is 4. The maximum Gasteiger partial charge on any atom is 0.259 e. The summed E-state index contributed by atoms with van der Waals surface area (Å²) in [6, 6.07) is 10.7. The van der Waals surface area contributed by atoms with Crippen molar-refractivity contribution < 1.29 is 9.53 Å². The van der Waals surface area contributed by atoms with Crippen molar-refractivity contribution in [3.8, 4) is 17.6 Å². The first-order valence-corrected chi connectivity index (χ1v) is 8.33. The number of nitrogens with zero attached hydrogens (tertiary/aromatic N) is 1. The molecule has 0 spiro atoms. The molecule has 130 valence electrons. The van der Waals surface area contributed by atoms with Crippen molar-refractivity contribution in [3.63, 3.8) is 0 Å². The third kappa shape index (κ3) is 5.85. The van der Waals surface area contributed by atoms with E-state index < -0.39 is 0 Å². The number of aryl methyl sites for hydroxylation is 1. The molecule has 0 aliphatic carbocycles. The SMILES string of the molecule is CCC#CCCCOc1cccc(NC(=O)c2ccc(C)nc2N)c1. The van der Waals surface area contributed by atoms with Crippen LogP contribution in [0.3, 0.4) is 0 Å². The van der Waals surface area contributed by atoms with Gasteiger partial charge in [-0.05, 0) is 37.6 Å². The molecular weight excluding hydrogens is 314 g/mol. The van der Waals surface area contributed by atoms with Gasteiger partial charge in [0.1, 0.15) is 11.6 Å². The Morgan fingerprint density at radius 2 is 2.12 bits per heavy atom. The van der Waals surface area contributed by atoms with Gasteiger partial charge < -0.3 is 15.8 Å². The number of nitrogen functional groups attached to an aromatic ring is 1. The van der Waals surface area contributed by atoms with E-state index in [0.29, 0.717) is 23.6 Å². The van der Waals surface area contributed by atoms with Crippen LogP contribution in [0.1, 0.15) is 42.2 Å². The smallest absolute Gasteiger partial charge is 0.259 e. The number of hydrogen-bond donors (Lipinski definition) is 2. The van der Waals surface area contributed by atoms with Crippen LogP contribution in [-0.4, -0.2) is 17.5 Å². The summed E-state index contributed by atoms with van der Waals surface area (Å²) in [5, 5.41) is 2.82. The number of rotatable bonds is 6. The lowest BCUT2D eigenvalue weighted by molar-refractivity contribution is 0.102. The lowest BCUT2D eigenvalue weighted by Gasteiger charge is -2.10. The minimum Gasteiger partial charge on any atom is -0.493 e. The van der Waals surface area contributed by atoms with Gasteiger partial charge in [-0.3, -0.25) is 4.79 Å². The van der Waals surface area contributed by atoms with Crippen molar-refractivity contribution in [2.75, 3.05) is 17.7 Å². The summed E-state index contributed by atoms with van der Waals surface area (Å²) < 4.78 is 5.70. The van der Waals surface area contributed by atoms with Gasteiger partial charge in [0.05, 0.1) is 12.2 Å². The number of aromatic nitrogens is 1. The molecule has 0 saturated carbocycles. The summed E-state index contributed by atoms with van der Waals surface area (Å²) >= 11 is 0. The summed E-state index contributed by atoms with van der Waals surface area (Å²) in [6.45, 7) is 4.45. The van der Waals surface area contributed by atoms with Crippen LogP contribution in [0.25, 0.3) is 0 Å². The Kier molecular flexibility index (Phi) is 6.85. The van der Waals surface area contributed by atoms with Gasteiger partial charge in [0.25, 0.3) is 5.91 Å². The average Bonchev–Trinajstić information content (AvgIpc) is 2.58. The van der Waals surface area contributed by atoms with Gasteiger partial charge in [-0.15, -0.1) is 11.8 Å². The highest BCUT2D eigenvalue weighted by Gasteiger charge is 2.11. The summed E-state index contributed by atoms with van der Waals surface area (Å²) in [4.78, 5) is 16.4. The van der Waals surface area contributed by atoms with Crippen molar-refractivity contribution in [3.05, 3.63) is 47.7 Å². The summed E-state index contributed by atoms with van der Waals surface area (Å²) in [6.07, 6.45) is 2.57. The topological polar surface area (TPSA) is 77.2 Å². The number of amides is 1. The molecule has 0 unspecified atom stereocenters. The lowest BCUT2D eigenvalue weighted by Crippen LogP contribution is -2.15. The number of carbonyl (C=O) groups is 1. The number of unbranched alkanes of at least 4 members (excludes halogenated alkanes) is 1. The van der Waals surface area contributed by atoms with E-state index in [0.717, 1.165) is 25.0 Å². The molecule has 5 nitrogen and oxygen atoms in total. The fourth-order valence-electron chi connectivity index (χ4n) is 2.19. The molecule has 25 heavy (non-hydrogen) atoms. The second-order valence-electron chi connectivity index (χ2n) is 5.53. The predicted molar refractivity (Wildman–Crippen MR) is 101 cm³/mol. The van der Waals surface area contributed by atoms with E-state index in [-0.39, 0.29) is 11.7 Å². The Morgan fingerprint density at radius 1 is 1.28 bits per heavy atom. The monoisotopic (exact) mass is 337 g/mol. The number of nitrogens with two attached hydrogens (primary N) is 1. The molecule has 0 bridgehead atoms. The first-order valence-electron chi connectivity index (χ1n) is 8.33. The van der Waals surface area contributed by atoms with Gasteiger partial charge in [-0.25, -0.2) is 4.98 Å². The lowest BCUT2D eigenvalue weighted by atomic mass is 10.2. The van der Waals surface area contributed by atoms with E-state index >= 15 is 0 Å². The number of benzene rings is 1. The molecule has 0 aliphatic rings. The number of nitrogens with one attached hydrogen (secondary N) is 1. The third-order valence-electron chi connectivity index (χ3n) is 3.42. The number of anilines is 2. The summed E-state index contributed by atoms with van der Waals surface area (Å²) in [7, 11) is 0. The molecule has 1 aromatic carbocycles. The van der Waals surface area contributed by atoms with Crippen LogP contribution in [0.15, 0.2) is 36.4 Å². The summed E-state index contributed by atoms with van der Waals surface area (Å²) in [5.74, 6) is 6.75. The molecule has 1 amide bonds. The normalized spacial score (nSPS) is 9.84. The van der Waals surface area contributed by atoms with Crippen LogP contribution < -0.4 is 15.8 Å². The van der Waals surface area contributed by atoms with Gasteiger partial charge >= 0.3 is 0 Å². The number of ether oxygens (including phenoxy) is 1. The minimum absolute atomic E-state index is 0.220. The Labute approximate surface area is 148 Å². The molecule has 1 heterocycles. The molecule has 5 heteroatoms. The molecular formula is C20H23N3O2. The second-order valence-corrected chi connectivity index (χ2v) is 5.53. The molecule has 2 aromatic rings. The van der Waals surface area contributed by atoms with E-state index in [1.807, 2.05) is 26.0 Å². The largest absolute Gasteiger partial charge is 0.493 e. The van der Waals surface area contributed by atoms with Crippen LogP contribution in [0.2, 0.25) is 0 Å². The summed E-state index contributed by atoms with van der Waals surface area (Å²) in [5.41, 5.74) is 7.58. The van der Waals surface area contributed by atoms with Crippen LogP contribution >= 0.6 is 0 Å². The standard InChI is InChI=1S/C20H23N3O2/c1-3-4-5-6-7-13-25-17-10-8-9-16(14-17)23-20(24)18-12-11-15(2)22-19(18)21/h8-12,14H,3,6-7,13H2,1-2H3,(H2,21,22)(H,23,24). The molecule has 3 N–H and O–H groups in total. The number of carbonyl (C=O) groups excluding carboxylic acids is 1. The quantitative estimate of drug-likeness (QED) is 0.621. The van der Waals surface area contributed by atoms with Crippen molar-refractivity contribution in [2.45, 2.75) is 33.1 Å². The molecule has 0 saturated heterocycles. The van der Waals surface area contributed by atoms with Crippen LogP contribution in [0, 0.1) is 18.8 Å². The van der Waals surface area contributed by atoms with Crippen LogP contribution in [-0.2, 0) is 0 Å². The second kappa shape index (κ2) is 9.33. The van der Waals surface area contributed by atoms with Crippen molar-refractivity contribution >= 4 is 17.4 Å². The Morgan fingerprint density at radius 3 is 2.88 bits per heavy atom. The molecule has 0 radical (unpaired) electrons. The molecule has 1 aromatic heterocycles. The van der Waals surface area contributed by atoms with Crippen LogP contribution in [0.5, 0.6) is 5.75 Å². The highest BCUT2D eigenvalue weighted by Crippen LogP contribution is 2.19. The van der Waals surface area contributed by atoms with Crippen molar-refractivity contribution in [1.82, 2.24) is 4.98 Å². The third-order valence-corrected chi connectivity index (χ3v) is 3.42. The predicted octanol–water partition coefficient (Wildman–Crippen LogP) is 3.80. The fraction of sp³-hybridized carbons (Fsp3) is 0.300. The van der Waals surface area contributed by atoms with E-state index in [2.05, 4.69) is 22.1 Å². The zero-order valence-corrected chi connectivity index (χ0v) is 14.6. The first-order chi connectivity index (χ1) is 12.1. The molecule has 2 rings (SSSR count). The highest BCUT2D eigenvalue weighted by atomic mass is 16.5. The van der Waals surface area contributed by atoms with Crippen molar-refractivity contribution in [2.24, 2.45) is 0 Å². The van der Waals surface area contributed by atoms with Gasteiger partial charge in [-0.2, -0.15) is 0 Å². The van der Waals surface area contributed by atoms with Gasteiger partial charge in [0.15, 0.2) is 0 Å². The highest BCUT2D eigenvalue weighted by molar-refractivity contribution is 6.07.